The molecular formula is C20H19ClN2O5S. The van der Waals surface area contributed by atoms with Crippen molar-refractivity contribution in [2.75, 3.05) is 38.3 Å². The van der Waals surface area contributed by atoms with Gasteiger partial charge in [0.25, 0.3) is 0 Å². The van der Waals surface area contributed by atoms with Gasteiger partial charge in [0.15, 0.2) is 0 Å². The van der Waals surface area contributed by atoms with E-state index in [4.69, 9.17) is 25.5 Å². The van der Waals surface area contributed by atoms with Gasteiger partial charge in [0, 0.05) is 23.7 Å². The molecule has 0 aliphatic carbocycles. The lowest BCUT2D eigenvalue weighted by atomic mass is 10.2. The van der Waals surface area contributed by atoms with E-state index >= 15 is 0 Å². The molecule has 0 amide bonds. The fourth-order valence-electron chi connectivity index (χ4n) is 3.02. The van der Waals surface area contributed by atoms with Crippen LogP contribution in [-0.4, -0.2) is 46.8 Å². The van der Waals surface area contributed by atoms with Crippen LogP contribution in [0.1, 0.15) is 0 Å². The van der Waals surface area contributed by atoms with Crippen molar-refractivity contribution >= 4 is 27.3 Å². The molecule has 1 aliphatic heterocycles. The topological polar surface area (TPSA) is 81.9 Å². The van der Waals surface area contributed by atoms with Crippen LogP contribution in [0.4, 0.5) is 5.88 Å². The Morgan fingerprint density at radius 1 is 1.03 bits per heavy atom. The van der Waals surface area contributed by atoms with Gasteiger partial charge in [0.2, 0.25) is 26.6 Å². The SMILES string of the molecule is COc1ccc(S(=O)(=O)c2nc(-c3ccc(Cl)cc3)oc2N2CCOCC2)cc1. The first-order valence-electron chi connectivity index (χ1n) is 8.97. The Labute approximate surface area is 173 Å². The summed E-state index contributed by atoms with van der Waals surface area (Å²) in [6.45, 7) is 2.00. The maximum absolute atomic E-state index is 13.4. The molecule has 152 valence electrons. The number of morpholine rings is 1. The Morgan fingerprint density at radius 2 is 1.69 bits per heavy atom. The number of hydrogen-bond acceptors (Lipinski definition) is 7. The van der Waals surface area contributed by atoms with E-state index in [1.54, 1.807) is 36.4 Å². The van der Waals surface area contributed by atoms with E-state index in [-0.39, 0.29) is 21.7 Å². The molecule has 1 aliphatic rings. The second kappa shape index (κ2) is 8.06. The zero-order valence-electron chi connectivity index (χ0n) is 15.7. The molecule has 4 rings (SSSR count). The maximum atomic E-state index is 13.4. The zero-order chi connectivity index (χ0) is 20.4. The minimum atomic E-state index is -3.91. The van der Waals surface area contributed by atoms with Crippen LogP contribution >= 0.6 is 11.6 Å². The van der Waals surface area contributed by atoms with E-state index in [0.717, 1.165) is 0 Å². The standard InChI is InChI=1S/C20H19ClN2O5S/c1-26-16-6-8-17(9-7-16)29(24,25)19-20(23-10-12-27-13-11-23)28-18(22-19)14-2-4-15(21)5-3-14/h2-9H,10-13H2,1H3. The predicted octanol–water partition coefficient (Wildman–Crippen LogP) is 3.67. The highest BCUT2D eigenvalue weighted by Crippen LogP contribution is 2.35. The smallest absolute Gasteiger partial charge is 0.236 e. The molecule has 0 radical (unpaired) electrons. The minimum absolute atomic E-state index is 0.115. The zero-order valence-corrected chi connectivity index (χ0v) is 17.2. The van der Waals surface area contributed by atoms with Crippen LogP contribution < -0.4 is 9.64 Å². The Kier molecular flexibility index (Phi) is 5.49. The number of rotatable bonds is 5. The van der Waals surface area contributed by atoms with E-state index in [9.17, 15) is 8.42 Å². The third-order valence-electron chi connectivity index (χ3n) is 4.59. The van der Waals surface area contributed by atoms with Gasteiger partial charge in [-0.25, -0.2) is 8.42 Å². The third kappa shape index (κ3) is 3.96. The number of halogens is 1. The predicted molar refractivity (Wildman–Crippen MR) is 108 cm³/mol. The Bertz CT molecular complexity index is 1090. The van der Waals surface area contributed by atoms with Gasteiger partial charge in [-0.3, -0.25) is 0 Å². The van der Waals surface area contributed by atoms with Crippen LogP contribution in [-0.2, 0) is 14.6 Å². The van der Waals surface area contributed by atoms with Crippen molar-refractivity contribution in [3.8, 4) is 17.2 Å². The van der Waals surface area contributed by atoms with Crippen molar-refractivity contribution in [1.29, 1.82) is 0 Å². The average molecular weight is 435 g/mol. The highest BCUT2D eigenvalue weighted by molar-refractivity contribution is 7.91. The van der Waals surface area contributed by atoms with Gasteiger partial charge in [-0.1, -0.05) is 11.6 Å². The number of nitrogens with zero attached hydrogens (tertiary/aromatic N) is 2. The van der Waals surface area contributed by atoms with Crippen molar-refractivity contribution in [3.63, 3.8) is 0 Å². The Balaban J connectivity index is 1.82. The molecule has 0 bridgehead atoms. The summed E-state index contributed by atoms with van der Waals surface area (Å²) >= 11 is 5.96. The van der Waals surface area contributed by atoms with Gasteiger partial charge in [-0.05, 0) is 48.5 Å². The van der Waals surface area contributed by atoms with Crippen LogP contribution in [0, 0.1) is 0 Å². The second-order valence-corrected chi connectivity index (χ2v) is 8.72. The number of oxazole rings is 1. The molecule has 29 heavy (non-hydrogen) atoms. The molecule has 0 atom stereocenters. The summed E-state index contributed by atoms with van der Waals surface area (Å²) in [6.07, 6.45) is 0. The molecule has 0 N–H and O–H groups in total. The molecule has 1 saturated heterocycles. The van der Waals surface area contributed by atoms with Crippen LogP contribution in [0.25, 0.3) is 11.5 Å². The minimum Gasteiger partial charge on any atom is -0.497 e. The summed E-state index contributed by atoms with van der Waals surface area (Å²) in [5, 5.41) is 0.453. The Hall–Kier alpha value is -2.55. The first-order chi connectivity index (χ1) is 14.0. The molecule has 2 aromatic carbocycles. The first kappa shape index (κ1) is 19.8. The molecule has 1 aromatic heterocycles. The van der Waals surface area contributed by atoms with Gasteiger partial charge in [-0.15, -0.1) is 0 Å². The molecule has 3 aromatic rings. The lowest BCUT2D eigenvalue weighted by Crippen LogP contribution is -2.36. The largest absolute Gasteiger partial charge is 0.497 e. The first-order valence-corrected chi connectivity index (χ1v) is 10.8. The van der Waals surface area contributed by atoms with Gasteiger partial charge < -0.3 is 18.8 Å². The summed E-state index contributed by atoms with van der Waals surface area (Å²) in [7, 11) is -2.38. The van der Waals surface area contributed by atoms with Crippen molar-refractivity contribution in [2.45, 2.75) is 9.92 Å². The van der Waals surface area contributed by atoms with E-state index in [0.29, 0.717) is 42.6 Å². The number of hydrogen-bond donors (Lipinski definition) is 0. The molecule has 0 unspecified atom stereocenters. The van der Waals surface area contributed by atoms with Crippen molar-refractivity contribution in [3.05, 3.63) is 53.6 Å². The second-order valence-electron chi connectivity index (χ2n) is 6.41. The van der Waals surface area contributed by atoms with Crippen LogP contribution in [0.3, 0.4) is 0 Å². The normalized spacial score (nSPS) is 14.8. The van der Waals surface area contributed by atoms with Crippen LogP contribution in [0.5, 0.6) is 5.75 Å². The highest BCUT2D eigenvalue weighted by atomic mass is 35.5. The van der Waals surface area contributed by atoms with Crippen LogP contribution in [0.2, 0.25) is 5.02 Å². The highest BCUT2D eigenvalue weighted by Gasteiger charge is 2.32. The summed E-state index contributed by atoms with van der Waals surface area (Å²) in [6, 6.07) is 13.1. The number of sulfone groups is 1. The van der Waals surface area contributed by atoms with E-state index in [1.165, 1.54) is 19.2 Å². The fraction of sp³-hybridized carbons (Fsp3) is 0.250. The quantitative estimate of drug-likeness (QED) is 0.605. The van der Waals surface area contributed by atoms with Gasteiger partial charge in [-0.2, -0.15) is 4.98 Å². The molecule has 7 nitrogen and oxygen atoms in total. The average Bonchev–Trinajstić information content (AvgIpc) is 3.21. The Morgan fingerprint density at radius 3 is 2.31 bits per heavy atom. The lowest BCUT2D eigenvalue weighted by molar-refractivity contribution is 0.120. The van der Waals surface area contributed by atoms with Gasteiger partial charge in [0.1, 0.15) is 5.75 Å². The van der Waals surface area contributed by atoms with Crippen LogP contribution in [0.15, 0.2) is 62.9 Å². The number of methoxy groups -OCH3 is 1. The fourth-order valence-corrected chi connectivity index (χ4v) is 4.47. The van der Waals surface area contributed by atoms with E-state index in [2.05, 4.69) is 4.98 Å². The number of ether oxygens (including phenoxy) is 2. The summed E-state index contributed by atoms with van der Waals surface area (Å²) in [4.78, 5) is 6.32. The molecule has 2 heterocycles. The molecule has 0 spiro atoms. The molecule has 0 saturated carbocycles. The number of anilines is 1. The summed E-state index contributed by atoms with van der Waals surface area (Å²) in [5.74, 6) is 1.00. The summed E-state index contributed by atoms with van der Waals surface area (Å²) in [5.41, 5.74) is 0.639. The third-order valence-corrected chi connectivity index (χ3v) is 6.51. The molecule has 9 heteroatoms. The monoisotopic (exact) mass is 434 g/mol. The van der Waals surface area contributed by atoms with Crippen molar-refractivity contribution in [1.82, 2.24) is 4.98 Å². The van der Waals surface area contributed by atoms with E-state index < -0.39 is 9.84 Å². The van der Waals surface area contributed by atoms with Gasteiger partial charge in [0.05, 0.1) is 25.2 Å². The maximum Gasteiger partial charge on any atom is 0.236 e. The molecule has 1 fully saturated rings. The van der Waals surface area contributed by atoms with Crippen molar-refractivity contribution in [2.24, 2.45) is 0 Å². The van der Waals surface area contributed by atoms with Crippen molar-refractivity contribution < 1.29 is 22.3 Å². The van der Waals surface area contributed by atoms with E-state index in [1.807, 2.05) is 4.90 Å². The summed E-state index contributed by atoms with van der Waals surface area (Å²) < 4.78 is 43.1. The lowest BCUT2D eigenvalue weighted by Gasteiger charge is -2.26. The number of aromatic nitrogens is 1. The molecular weight excluding hydrogens is 416 g/mol. The van der Waals surface area contributed by atoms with Gasteiger partial charge >= 0.3 is 0 Å². The number of benzene rings is 2.